The van der Waals surface area contributed by atoms with Crippen LogP contribution in [0, 0.1) is 0 Å². The van der Waals surface area contributed by atoms with E-state index in [1.54, 1.807) is 7.11 Å². The Kier molecular flexibility index (Phi) is 6.98. The maximum absolute atomic E-state index is 6.11. The van der Waals surface area contributed by atoms with Crippen molar-refractivity contribution < 1.29 is 4.74 Å². The molecule has 0 heterocycles. The molecule has 1 unspecified atom stereocenters. The lowest BCUT2D eigenvalue weighted by Crippen LogP contribution is -1.92. The molecular formula is C14H20BrClO. The summed E-state index contributed by atoms with van der Waals surface area (Å²) in [7, 11) is 1.64. The summed E-state index contributed by atoms with van der Waals surface area (Å²) in [6, 6.07) is 5.99. The van der Waals surface area contributed by atoms with Crippen LogP contribution in [0.4, 0.5) is 0 Å². The molecule has 0 aliphatic carbocycles. The summed E-state index contributed by atoms with van der Waals surface area (Å²) in [5, 5.41) is 0.683. The normalized spacial score (nSPS) is 12.5. The van der Waals surface area contributed by atoms with Gasteiger partial charge in [-0.15, -0.1) is 0 Å². The van der Waals surface area contributed by atoms with E-state index in [4.69, 9.17) is 16.3 Å². The molecule has 3 heteroatoms. The first kappa shape index (κ1) is 14.8. The largest absolute Gasteiger partial charge is 0.495 e. The minimum Gasteiger partial charge on any atom is -0.495 e. The SMILES string of the molecule is CCCCCCC(Br)c1ccc(OC)c(Cl)c1. The number of unbranched alkanes of at least 4 members (excludes halogenated alkanes) is 3. The molecule has 0 saturated carbocycles. The number of hydrogen-bond acceptors (Lipinski definition) is 1. The number of alkyl halides is 1. The lowest BCUT2D eigenvalue weighted by Gasteiger charge is -2.12. The van der Waals surface area contributed by atoms with E-state index in [-0.39, 0.29) is 0 Å². The van der Waals surface area contributed by atoms with Gasteiger partial charge in [-0.3, -0.25) is 0 Å². The van der Waals surface area contributed by atoms with Gasteiger partial charge < -0.3 is 4.74 Å². The highest BCUT2D eigenvalue weighted by atomic mass is 79.9. The minimum absolute atomic E-state index is 0.391. The quantitative estimate of drug-likeness (QED) is 0.459. The molecule has 0 aromatic heterocycles. The second-order valence-electron chi connectivity index (χ2n) is 4.21. The Balaban J connectivity index is 2.51. The molecule has 17 heavy (non-hydrogen) atoms. The number of methoxy groups -OCH3 is 1. The fourth-order valence-electron chi connectivity index (χ4n) is 1.79. The maximum atomic E-state index is 6.11. The highest BCUT2D eigenvalue weighted by Crippen LogP contribution is 2.33. The molecule has 1 rings (SSSR count). The molecule has 0 saturated heterocycles. The van der Waals surface area contributed by atoms with E-state index in [0.29, 0.717) is 9.85 Å². The zero-order valence-electron chi connectivity index (χ0n) is 10.5. The van der Waals surface area contributed by atoms with Crippen LogP contribution in [-0.2, 0) is 0 Å². The van der Waals surface area contributed by atoms with E-state index in [0.717, 1.165) is 12.2 Å². The molecular weight excluding hydrogens is 300 g/mol. The van der Waals surface area contributed by atoms with Crippen LogP contribution < -0.4 is 4.74 Å². The third-order valence-electron chi connectivity index (χ3n) is 2.85. The molecule has 1 aromatic rings. The van der Waals surface area contributed by atoms with Crippen molar-refractivity contribution >= 4 is 27.5 Å². The minimum atomic E-state index is 0.391. The number of hydrogen-bond donors (Lipinski definition) is 0. The lowest BCUT2D eigenvalue weighted by atomic mass is 10.1. The van der Waals surface area contributed by atoms with Crippen molar-refractivity contribution in [2.45, 2.75) is 43.9 Å². The van der Waals surface area contributed by atoms with Crippen molar-refractivity contribution in [1.82, 2.24) is 0 Å². The Morgan fingerprint density at radius 2 is 2.06 bits per heavy atom. The van der Waals surface area contributed by atoms with Crippen molar-refractivity contribution in [3.63, 3.8) is 0 Å². The first-order chi connectivity index (χ1) is 8.19. The Morgan fingerprint density at radius 3 is 2.65 bits per heavy atom. The van der Waals surface area contributed by atoms with Gasteiger partial charge in [-0.05, 0) is 24.1 Å². The molecule has 0 radical (unpaired) electrons. The van der Waals surface area contributed by atoms with Crippen LogP contribution >= 0.6 is 27.5 Å². The van der Waals surface area contributed by atoms with Gasteiger partial charge in [0, 0.05) is 4.83 Å². The van der Waals surface area contributed by atoms with E-state index < -0.39 is 0 Å². The molecule has 0 bridgehead atoms. The van der Waals surface area contributed by atoms with Gasteiger partial charge in [-0.25, -0.2) is 0 Å². The first-order valence-corrected chi connectivity index (χ1v) is 7.46. The predicted molar refractivity (Wildman–Crippen MR) is 78.4 cm³/mol. The summed E-state index contributed by atoms with van der Waals surface area (Å²) in [5.41, 5.74) is 1.23. The first-order valence-electron chi connectivity index (χ1n) is 6.16. The molecule has 96 valence electrons. The third kappa shape index (κ3) is 4.89. The second kappa shape index (κ2) is 7.99. The Labute approximate surface area is 118 Å². The number of rotatable bonds is 7. The smallest absolute Gasteiger partial charge is 0.137 e. The van der Waals surface area contributed by atoms with Crippen LogP contribution in [-0.4, -0.2) is 7.11 Å². The fraction of sp³-hybridized carbons (Fsp3) is 0.571. The molecule has 1 aromatic carbocycles. The van der Waals surface area contributed by atoms with Crippen LogP contribution in [0.3, 0.4) is 0 Å². The molecule has 0 amide bonds. The van der Waals surface area contributed by atoms with E-state index in [9.17, 15) is 0 Å². The Bertz CT molecular complexity index is 341. The monoisotopic (exact) mass is 318 g/mol. The zero-order valence-corrected chi connectivity index (χ0v) is 12.9. The summed E-state index contributed by atoms with van der Waals surface area (Å²) in [5.74, 6) is 0.737. The highest BCUT2D eigenvalue weighted by Gasteiger charge is 2.09. The molecule has 0 aliphatic rings. The van der Waals surface area contributed by atoms with Gasteiger partial charge in [0.05, 0.1) is 12.1 Å². The van der Waals surface area contributed by atoms with Gasteiger partial charge in [0.15, 0.2) is 0 Å². The van der Waals surface area contributed by atoms with E-state index in [1.165, 1.54) is 31.2 Å². The van der Waals surface area contributed by atoms with Crippen LogP contribution in [0.5, 0.6) is 5.75 Å². The van der Waals surface area contributed by atoms with E-state index >= 15 is 0 Å². The summed E-state index contributed by atoms with van der Waals surface area (Å²) in [4.78, 5) is 0.391. The van der Waals surface area contributed by atoms with E-state index in [2.05, 4.69) is 28.9 Å². The molecule has 0 spiro atoms. The van der Waals surface area contributed by atoms with Crippen LogP contribution in [0.2, 0.25) is 5.02 Å². The summed E-state index contributed by atoms with van der Waals surface area (Å²) >= 11 is 9.83. The van der Waals surface area contributed by atoms with Gasteiger partial charge in [0.1, 0.15) is 5.75 Å². The summed E-state index contributed by atoms with van der Waals surface area (Å²) in [6.07, 6.45) is 6.32. The molecule has 1 atom stereocenters. The van der Waals surface area contributed by atoms with Crippen molar-refractivity contribution in [2.24, 2.45) is 0 Å². The van der Waals surface area contributed by atoms with Gasteiger partial charge in [0.2, 0.25) is 0 Å². The standard InChI is InChI=1S/C14H20BrClO/c1-3-4-5-6-7-12(15)11-8-9-14(17-2)13(16)10-11/h8-10,12H,3-7H2,1-2H3. The topological polar surface area (TPSA) is 9.23 Å². The van der Waals surface area contributed by atoms with Crippen LogP contribution in [0.25, 0.3) is 0 Å². The van der Waals surface area contributed by atoms with Crippen molar-refractivity contribution in [1.29, 1.82) is 0 Å². The van der Waals surface area contributed by atoms with Crippen molar-refractivity contribution in [3.05, 3.63) is 28.8 Å². The maximum Gasteiger partial charge on any atom is 0.137 e. The van der Waals surface area contributed by atoms with Crippen molar-refractivity contribution in [2.75, 3.05) is 7.11 Å². The Morgan fingerprint density at radius 1 is 1.29 bits per heavy atom. The lowest BCUT2D eigenvalue weighted by molar-refractivity contribution is 0.415. The van der Waals surface area contributed by atoms with Crippen LogP contribution in [0.15, 0.2) is 18.2 Å². The predicted octanol–water partition coefficient (Wildman–Crippen LogP) is 5.76. The Hall–Kier alpha value is -0.210. The average molecular weight is 320 g/mol. The second-order valence-corrected chi connectivity index (χ2v) is 5.72. The van der Waals surface area contributed by atoms with Gasteiger partial charge in [-0.1, -0.05) is 66.2 Å². The molecule has 0 N–H and O–H groups in total. The third-order valence-corrected chi connectivity index (χ3v) is 4.13. The highest BCUT2D eigenvalue weighted by molar-refractivity contribution is 9.09. The number of ether oxygens (including phenoxy) is 1. The number of halogens is 2. The van der Waals surface area contributed by atoms with E-state index in [1.807, 2.05) is 12.1 Å². The van der Waals surface area contributed by atoms with Gasteiger partial charge >= 0.3 is 0 Å². The van der Waals surface area contributed by atoms with Crippen molar-refractivity contribution in [3.8, 4) is 5.75 Å². The van der Waals surface area contributed by atoms with Gasteiger partial charge in [-0.2, -0.15) is 0 Å². The van der Waals surface area contributed by atoms with Crippen LogP contribution in [0.1, 0.15) is 49.4 Å². The molecule has 1 nitrogen and oxygen atoms in total. The average Bonchev–Trinajstić information content (AvgIpc) is 2.34. The van der Waals surface area contributed by atoms with Gasteiger partial charge in [0.25, 0.3) is 0 Å². The molecule has 0 aliphatic heterocycles. The summed E-state index contributed by atoms with van der Waals surface area (Å²) < 4.78 is 5.15. The number of benzene rings is 1. The zero-order chi connectivity index (χ0) is 12.7. The molecule has 0 fully saturated rings. The summed E-state index contributed by atoms with van der Waals surface area (Å²) in [6.45, 7) is 2.23. The fourth-order valence-corrected chi connectivity index (χ4v) is 2.67.